The fourth-order valence-corrected chi connectivity index (χ4v) is 6.45. The summed E-state index contributed by atoms with van der Waals surface area (Å²) in [6.07, 6.45) is 0. The van der Waals surface area contributed by atoms with Crippen LogP contribution in [0.25, 0.3) is 55.8 Å². The van der Waals surface area contributed by atoms with Crippen LogP contribution in [0.3, 0.4) is 0 Å². The highest BCUT2D eigenvalue weighted by Gasteiger charge is 2.20. The summed E-state index contributed by atoms with van der Waals surface area (Å²) < 4.78 is 23.1. The third-order valence-electron chi connectivity index (χ3n) is 9.14. The smallest absolute Gasteiger partial charge is 0.256 e. The molecular formula is C44H34N4O6. The van der Waals surface area contributed by atoms with Gasteiger partial charge in [0.2, 0.25) is 0 Å². The summed E-state index contributed by atoms with van der Waals surface area (Å²) in [5, 5.41) is 7.47. The summed E-state index contributed by atoms with van der Waals surface area (Å²) in [6.45, 7) is 3.72. The van der Waals surface area contributed by atoms with E-state index in [1.165, 1.54) is 0 Å². The van der Waals surface area contributed by atoms with Crippen LogP contribution in [0.15, 0.2) is 130 Å². The fourth-order valence-electron chi connectivity index (χ4n) is 6.45. The zero-order chi connectivity index (χ0) is 37.3. The highest BCUT2D eigenvalue weighted by Crippen LogP contribution is 2.36. The van der Waals surface area contributed by atoms with Crippen molar-refractivity contribution in [2.24, 2.45) is 0 Å². The molecule has 0 radical (unpaired) electrons. The number of hydrogen-bond acceptors (Lipinski definition) is 8. The van der Waals surface area contributed by atoms with Gasteiger partial charge in [-0.3, -0.25) is 9.59 Å². The van der Waals surface area contributed by atoms with Gasteiger partial charge < -0.3 is 28.9 Å². The van der Waals surface area contributed by atoms with E-state index in [0.29, 0.717) is 78.7 Å². The van der Waals surface area contributed by atoms with Crippen LogP contribution in [-0.2, 0) is 0 Å². The number of nitrogens with one attached hydrogen (secondary N) is 2. The standard InChI is InChI=1S/C44H34N4O6/c1-25-13-19-39(53-25)37-23-31(29-9-5-7-11-33(29)45-37)43(49)47-35-17-15-27(21-41(35)51-3)28-16-18-36(42(22-28)52-4)48-44(50)32-24-38(40-20-14-26(2)54-40)46-34-12-8-6-10-30(32)34/h5-24H,1-4H3,(H,47,49)(H,48,50). The van der Waals surface area contributed by atoms with E-state index >= 15 is 0 Å². The number of rotatable bonds is 9. The van der Waals surface area contributed by atoms with Gasteiger partial charge in [0.1, 0.15) is 34.4 Å². The molecule has 0 bridgehead atoms. The van der Waals surface area contributed by atoms with Gasteiger partial charge in [-0.25, -0.2) is 9.97 Å². The van der Waals surface area contributed by atoms with Crippen molar-refractivity contribution >= 4 is 45.0 Å². The first-order valence-electron chi connectivity index (χ1n) is 17.2. The van der Waals surface area contributed by atoms with Gasteiger partial charge in [0.25, 0.3) is 11.8 Å². The van der Waals surface area contributed by atoms with E-state index in [2.05, 4.69) is 10.6 Å². The van der Waals surface area contributed by atoms with Crippen LogP contribution >= 0.6 is 0 Å². The van der Waals surface area contributed by atoms with E-state index in [-0.39, 0.29) is 11.8 Å². The molecule has 0 aliphatic heterocycles. The Balaban J connectivity index is 1.06. The SMILES string of the molecule is COc1cc(-c2ccc(NC(=O)c3cc(-c4ccc(C)o4)nc4ccccc34)c(OC)c2)ccc1NC(=O)c1cc(-c2ccc(C)o2)nc2ccccc12. The first-order valence-corrected chi connectivity index (χ1v) is 17.2. The Morgan fingerprint density at radius 1 is 0.537 bits per heavy atom. The molecule has 10 heteroatoms. The number of ether oxygens (including phenoxy) is 2. The Bertz CT molecular complexity index is 2540. The number of carbonyl (C=O) groups is 2. The van der Waals surface area contributed by atoms with E-state index in [1.807, 2.05) is 111 Å². The van der Waals surface area contributed by atoms with E-state index in [4.69, 9.17) is 28.3 Å². The molecule has 0 atom stereocenters. The van der Waals surface area contributed by atoms with Crippen molar-refractivity contribution in [1.29, 1.82) is 0 Å². The van der Waals surface area contributed by atoms with Gasteiger partial charge in [0.05, 0.1) is 47.8 Å². The molecule has 0 fully saturated rings. The predicted octanol–water partition coefficient (Wildman–Crippen LogP) is 10.1. The van der Waals surface area contributed by atoms with Crippen molar-refractivity contribution < 1.29 is 27.9 Å². The number of aromatic nitrogens is 2. The number of pyridine rings is 2. The average Bonchev–Trinajstić information content (AvgIpc) is 3.85. The molecule has 0 saturated carbocycles. The van der Waals surface area contributed by atoms with Gasteiger partial charge in [-0.1, -0.05) is 48.5 Å². The monoisotopic (exact) mass is 714 g/mol. The number of fused-ring (bicyclic) bond motifs is 2. The van der Waals surface area contributed by atoms with E-state index in [0.717, 1.165) is 22.6 Å². The third-order valence-corrected chi connectivity index (χ3v) is 9.14. The molecule has 8 aromatic rings. The van der Waals surface area contributed by atoms with Crippen LogP contribution in [0.5, 0.6) is 11.5 Å². The quantitative estimate of drug-likeness (QED) is 0.151. The minimum atomic E-state index is -0.320. The molecule has 10 nitrogen and oxygen atoms in total. The number of aryl methyl sites for hydroxylation is 2. The van der Waals surface area contributed by atoms with Gasteiger partial charge in [-0.2, -0.15) is 0 Å². The van der Waals surface area contributed by atoms with Crippen molar-refractivity contribution in [1.82, 2.24) is 9.97 Å². The number of nitrogens with zero attached hydrogens (tertiary/aromatic N) is 2. The van der Waals surface area contributed by atoms with Gasteiger partial charge in [-0.15, -0.1) is 0 Å². The molecule has 54 heavy (non-hydrogen) atoms. The van der Waals surface area contributed by atoms with Crippen LogP contribution in [0.1, 0.15) is 32.2 Å². The zero-order valence-electron chi connectivity index (χ0n) is 29.9. The average molecular weight is 715 g/mol. The van der Waals surface area contributed by atoms with Crippen LogP contribution in [0.4, 0.5) is 11.4 Å². The molecule has 0 aliphatic carbocycles. The fraction of sp³-hybridized carbons (Fsp3) is 0.0909. The largest absolute Gasteiger partial charge is 0.495 e. The van der Waals surface area contributed by atoms with Crippen molar-refractivity contribution in [3.05, 3.63) is 144 Å². The number of para-hydroxylation sites is 2. The van der Waals surface area contributed by atoms with Crippen LogP contribution in [-0.4, -0.2) is 36.0 Å². The number of furan rings is 2. The zero-order valence-corrected chi connectivity index (χ0v) is 29.9. The second-order valence-electron chi connectivity index (χ2n) is 12.7. The maximum absolute atomic E-state index is 13.8. The topological polar surface area (TPSA) is 129 Å². The highest BCUT2D eigenvalue weighted by molar-refractivity contribution is 6.14. The maximum atomic E-state index is 13.8. The normalized spacial score (nSPS) is 11.1. The number of hydrogen-bond donors (Lipinski definition) is 2. The molecule has 0 aliphatic rings. The Morgan fingerprint density at radius 3 is 1.35 bits per heavy atom. The lowest BCUT2D eigenvalue weighted by molar-refractivity contribution is 0.102. The molecule has 2 amide bonds. The Hall–Kier alpha value is -7.20. The molecule has 0 unspecified atom stereocenters. The lowest BCUT2D eigenvalue weighted by atomic mass is 10.0. The molecule has 2 N–H and O–H groups in total. The second kappa shape index (κ2) is 14.1. The highest BCUT2D eigenvalue weighted by atomic mass is 16.5. The summed E-state index contributed by atoms with van der Waals surface area (Å²) in [6, 6.07) is 36.9. The number of benzene rings is 4. The van der Waals surface area contributed by atoms with Gasteiger partial charge in [0, 0.05) is 10.8 Å². The summed E-state index contributed by atoms with van der Waals surface area (Å²) in [5.41, 5.74) is 5.97. The van der Waals surface area contributed by atoms with Crippen molar-refractivity contribution in [3.8, 4) is 45.5 Å². The number of methoxy groups -OCH3 is 2. The molecular weight excluding hydrogens is 681 g/mol. The van der Waals surface area contributed by atoms with E-state index in [1.54, 1.807) is 38.5 Å². The maximum Gasteiger partial charge on any atom is 0.256 e. The summed E-state index contributed by atoms with van der Waals surface area (Å²) in [4.78, 5) is 37.1. The van der Waals surface area contributed by atoms with Crippen molar-refractivity contribution in [3.63, 3.8) is 0 Å². The summed E-state index contributed by atoms with van der Waals surface area (Å²) in [7, 11) is 3.10. The van der Waals surface area contributed by atoms with Crippen LogP contribution < -0.4 is 20.1 Å². The number of anilines is 2. The molecule has 4 aromatic carbocycles. The Kier molecular flexibility index (Phi) is 8.84. The minimum Gasteiger partial charge on any atom is -0.495 e. The third kappa shape index (κ3) is 6.52. The molecule has 4 aromatic heterocycles. The Morgan fingerprint density at radius 2 is 0.963 bits per heavy atom. The van der Waals surface area contributed by atoms with Crippen LogP contribution in [0, 0.1) is 13.8 Å². The Labute approximate surface area is 310 Å². The van der Waals surface area contributed by atoms with Crippen molar-refractivity contribution in [2.75, 3.05) is 24.9 Å². The number of amides is 2. The molecule has 0 saturated heterocycles. The lowest BCUT2D eigenvalue weighted by Crippen LogP contribution is -2.14. The first kappa shape index (κ1) is 33.9. The van der Waals surface area contributed by atoms with E-state index < -0.39 is 0 Å². The number of carbonyl (C=O) groups excluding carboxylic acids is 2. The van der Waals surface area contributed by atoms with E-state index in [9.17, 15) is 9.59 Å². The van der Waals surface area contributed by atoms with Crippen molar-refractivity contribution in [2.45, 2.75) is 13.8 Å². The van der Waals surface area contributed by atoms with Gasteiger partial charge in [-0.05, 0) is 97.8 Å². The lowest BCUT2D eigenvalue weighted by Gasteiger charge is -2.15. The summed E-state index contributed by atoms with van der Waals surface area (Å²) in [5.74, 6) is 2.95. The van der Waals surface area contributed by atoms with Crippen LogP contribution in [0.2, 0.25) is 0 Å². The first-order chi connectivity index (χ1) is 26.3. The summed E-state index contributed by atoms with van der Waals surface area (Å²) >= 11 is 0. The molecule has 4 heterocycles. The molecule has 8 rings (SSSR count). The van der Waals surface area contributed by atoms with Gasteiger partial charge >= 0.3 is 0 Å². The molecule has 266 valence electrons. The second-order valence-corrected chi connectivity index (χ2v) is 12.7. The van der Waals surface area contributed by atoms with Gasteiger partial charge in [0.15, 0.2) is 11.5 Å². The predicted molar refractivity (Wildman–Crippen MR) is 209 cm³/mol. The molecule has 0 spiro atoms. The minimum absolute atomic E-state index is 0.320.